The Morgan fingerprint density at radius 1 is 1.28 bits per heavy atom. The summed E-state index contributed by atoms with van der Waals surface area (Å²) in [4.78, 5) is 14.8. The van der Waals surface area contributed by atoms with Crippen LogP contribution in [0.15, 0.2) is 42.5 Å². The average Bonchev–Trinajstić information content (AvgIpc) is 2.62. The number of aliphatic hydroxyl groups excluding tert-OH is 1. The number of nitrogens with zero attached hydrogens (tertiary/aromatic N) is 1. The third kappa shape index (κ3) is 4.02. The van der Waals surface area contributed by atoms with Crippen LogP contribution >= 0.6 is 0 Å². The maximum absolute atomic E-state index is 12.4. The molecule has 1 unspecified atom stereocenters. The van der Waals surface area contributed by atoms with E-state index in [0.29, 0.717) is 19.0 Å². The number of para-hydroxylation sites is 1. The number of nitrogens with one attached hydrogen (secondary N) is 1. The number of fused-ring (bicyclic) bond motifs is 1. The predicted molar refractivity (Wildman–Crippen MR) is 102 cm³/mol. The molecule has 1 atom stereocenters. The molecule has 2 aromatic carbocycles. The fraction of sp³-hybridized carbons (Fsp3) is 0.381. The van der Waals surface area contributed by atoms with Crippen molar-refractivity contribution in [3.05, 3.63) is 59.2 Å². The molecule has 4 heteroatoms. The highest BCUT2D eigenvalue weighted by molar-refractivity contribution is 5.92. The highest BCUT2D eigenvalue weighted by Gasteiger charge is 2.23. The first-order valence-corrected chi connectivity index (χ1v) is 8.93. The van der Waals surface area contributed by atoms with Crippen molar-refractivity contribution in [2.45, 2.75) is 45.8 Å². The van der Waals surface area contributed by atoms with Gasteiger partial charge in [0.25, 0.3) is 0 Å². The van der Waals surface area contributed by atoms with Crippen molar-refractivity contribution in [3.8, 4) is 0 Å². The average molecular weight is 338 g/mol. The molecule has 0 radical (unpaired) electrons. The highest BCUT2D eigenvalue weighted by Crippen LogP contribution is 2.30. The van der Waals surface area contributed by atoms with Gasteiger partial charge in [0.2, 0.25) is 5.91 Å². The zero-order valence-electron chi connectivity index (χ0n) is 15.0. The maximum Gasteiger partial charge on any atom is 0.226 e. The van der Waals surface area contributed by atoms with Crippen molar-refractivity contribution in [1.82, 2.24) is 0 Å². The normalized spacial score (nSPS) is 16.4. The minimum atomic E-state index is -0.0226. The van der Waals surface area contributed by atoms with E-state index < -0.39 is 0 Å². The summed E-state index contributed by atoms with van der Waals surface area (Å²) >= 11 is 0. The lowest BCUT2D eigenvalue weighted by Crippen LogP contribution is -2.39. The molecule has 0 spiro atoms. The predicted octanol–water partition coefficient (Wildman–Crippen LogP) is 3.66. The van der Waals surface area contributed by atoms with E-state index in [4.69, 9.17) is 0 Å². The zero-order chi connectivity index (χ0) is 17.8. The Balaban J connectivity index is 1.65. The van der Waals surface area contributed by atoms with Gasteiger partial charge in [-0.2, -0.15) is 0 Å². The molecular formula is C21H26N2O2. The maximum atomic E-state index is 12.4. The molecule has 0 aromatic heterocycles. The van der Waals surface area contributed by atoms with Crippen molar-refractivity contribution in [2.24, 2.45) is 0 Å². The molecule has 1 aliphatic rings. The lowest BCUT2D eigenvalue weighted by atomic mass is 9.96. The lowest BCUT2D eigenvalue weighted by molar-refractivity contribution is -0.116. The monoisotopic (exact) mass is 338 g/mol. The van der Waals surface area contributed by atoms with Crippen LogP contribution in [-0.2, 0) is 17.8 Å². The van der Waals surface area contributed by atoms with Crippen molar-refractivity contribution in [3.63, 3.8) is 0 Å². The second-order valence-corrected chi connectivity index (χ2v) is 6.82. The Hall–Kier alpha value is -2.33. The van der Waals surface area contributed by atoms with Gasteiger partial charge in [-0.05, 0) is 55.5 Å². The van der Waals surface area contributed by atoms with E-state index in [1.165, 1.54) is 11.3 Å². The molecule has 1 aliphatic heterocycles. The summed E-state index contributed by atoms with van der Waals surface area (Å²) in [5.74, 6) is 0.00782. The summed E-state index contributed by atoms with van der Waals surface area (Å²) in [6, 6.07) is 14.6. The van der Waals surface area contributed by atoms with Crippen molar-refractivity contribution in [2.75, 3.05) is 16.8 Å². The zero-order valence-corrected chi connectivity index (χ0v) is 15.0. The number of carbonyl (C=O) groups is 1. The topological polar surface area (TPSA) is 52.6 Å². The molecule has 132 valence electrons. The van der Waals surface area contributed by atoms with Gasteiger partial charge >= 0.3 is 0 Å². The largest absolute Gasteiger partial charge is 0.392 e. The van der Waals surface area contributed by atoms with Gasteiger partial charge in [0.15, 0.2) is 0 Å². The molecule has 0 bridgehead atoms. The number of aliphatic hydroxyl groups is 1. The van der Waals surface area contributed by atoms with E-state index in [2.05, 4.69) is 41.4 Å². The first-order chi connectivity index (χ1) is 12.1. The number of benzene rings is 2. The number of amides is 1. The molecule has 2 N–H and O–H groups in total. The number of hydrogen-bond donors (Lipinski definition) is 2. The van der Waals surface area contributed by atoms with Crippen LogP contribution in [-0.4, -0.2) is 23.6 Å². The molecule has 4 nitrogen and oxygen atoms in total. The third-order valence-corrected chi connectivity index (χ3v) is 5.00. The summed E-state index contributed by atoms with van der Waals surface area (Å²) in [5.41, 5.74) is 5.21. The Morgan fingerprint density at radius 3 is 2.88 bits per heavy atom. The first kappa shape index (κ1) is 17.5. The molecule has 1 amide bonds. The summed E-state index contributed by atoms with van der Waals surface area (Å²) in [6.07, 6.45) is 2.67. The first-order valence-electron chi connectivity index (χ1n) is 8.93. The van der Waals surface area contributed by atoms with Crippen LogP contribution < -0.4 is 10.2 Å². The molecule has 3 rings (SSSR count). The van der Waals surface area contributed by atoms with Crippen molar-refractivity contribution in [1.29, 1.82) is 0 Å². The van der Waals surface area contributed by atoms with Gasteiger partial charge in [0.1, 0.15) is 0 Å². The van der Waals surface area contributed by atoms with Gasteiger partial charge in [-0.1, -0.05) is 30.3 Å². The van der Waals surface area contributed by atoms with E-state index in [0.717, 1.165) is 29.7 Å². The summed E-state index contributed by atoms with van der Waals surface area (Å²) in [6.45, 7) is 4.87. The van der Waals surface area contributed by atoms with E-state index in [-0.39, 0.29) is 12.5 Å². The fourth-order valence-electron chi connectivity index (χ4n) is 3.44. The van der Waals surface area contributed by atoms with Gasteiger partial charge in [0.05, 0.1) is 6.61 Å². The third-order valence-electron chi connectivity index (χ3n) is 5.00. The molecule has 0 fully saturated rings. The van der Waals surface area contributed by atoms with Gasteiger partial charge in [0, 0.05) is 30.4 Å². The summed E-state index contributed by atoms with van der Waals surface area (Å²) in [7, 11) is 0. The number of anilines is 2. The number of aryl methyl sites for hydroxylation is 2. The van der Waals surface area contributed by atoms with Gasteiger partial charge < -0.3 is 15.3 Å². The van der Waals surface area contributed by atoms with Crippen LogP contribution in [0.4, 0.5) is 11.4 Å². The van der Waals surface area contributed by atoms with Crippen LogP contribution in [0.2, 0.25) is 0 Å². The van der Waals surface area contributed by atoms with Gasteiger partial charge in [-0.3, -0.25) is 4.79 Å². The van der Waals surface area contributed by atoms with E-state index in [1.54, 1.807) is 0 Å². The smallest absolute Gasteiger partial charge is 0.226 e. The fourth-order valence-corrected chi connectivity index (χ4v) is 3.44. The molecule has 1 heterocycles. The summed E-state index contributed by atoms with van der Waals surface area (Å²) < 4.78 is 0. The standard InChI is InChI=1S/C21H26N2O2/c1-15-7-9-17(14-24)13-19(15)22-21(25)11-12-23-16(2)8-10-18-5-3-4-6-20(18)23/h3-7,9,13,16,24H,8,10-12,14H2,1-2H3,(H,22,25). The minimum absolute atomic E-state index is 0.00782. The van der Waals surface area contributed by atoms with Crippen LogP contribution in [0.3, 0.4) is 0 Å². The highest BCUT2D eigenvalue weighted by atomic mass is 16.3. The quantitative estimate of drug-likeness (QED) is 0.875. The molecule has 0 saturated carbocycles. The number of hydrogen-bond acceptors (Lipinski definition) is 3. The van der Waals surface area contributed by atoms with Crippen LogP contribution in [0.1, 0.15) is 36.5 Å². The number of rotatable bonds is 5. The Kier molecular flexibility index (Phi) is 5.39. The van der Waals surface area contributed by atoms with Gasteiger partial charge in [-0.25, -0.2) is 0 Å². The van der Waals surface area contributed by atoms with Crippen LogP contribution in [0.5, 0.6) is 0 Å². The molecule has 2 aromatic rings. The van der Waals surface area contributed by atoms with E-state index in [9.17, 15) is 9.90 Å². The Labute approximate surface area is 149 Å². The SMILES string of the molecule is Cc1ccc(CO)cc1NC(=O)CCN1c2ccccc2CCC1C. The van der Waals surface area contributed by atoms with E-state index in [1.807, 2.05) is 25.1 Å². The Bertz CT molecular complexity index is 757. The second kappa shape index (κ2) is 7.70. The van der Waals surface area contributed by atoms with Crippen LogP contribution in [0.25, 0.3) is 0 Å². The lowest BCUT2D eigenvalue weighted by Gasteiger charge is -2.37. The second-order valence-electron chi connectivity index (χ2n) is 6.82. The van der Waals surface area contributed by atoms with Crippen LogP contribution in [0, 0.1) is 6.92 Å². The Morgan fingerprint density at radius 2 is 2.08 bits per heavy atom. The van der Waals surface area contributed by atoms with Crippen molar-refractivity contribution < 1.29 is 9.90 Å². The number of carbonyl (C=O) groups excluding carboxylic acids is 1. The van der Waals surface area contributed by atoms with Gasteiger partial charge in [-0.15, -0.1) is 0 Å². The molecule has 0 saturated heterocycles. The molecule has 25 heavy (non-hydrogen) atoms. The van der Waals surface area contributed by atoms with Crippen molar-refractivity contribution >= 4 is 17.3 Å². The minimum Gasteiger partial charge on any atom is -0.392 e. The molecular weight excluding hydrogens is 312 g/mol. The van der Waals surface area contributed by atoms with E-state index >= 15 is 0 Å². The molecule has 0 aliphatic carbocycles. The summed E-state index contributed by atoms with van der Waals surface area (Å²) in [5, 5.41) is 12.2.